The van der Waals surface area contributed by atoms with Gasteiger partial charge in [0.05, 0.1) is 6.42 Å². The van der Waals surface area contributed by atoms with Crippen LogP contribution in [0.25, 0.3) is 0 Å². The minimum Gasteiger partial charge on any atom is -0.352 e. The number of benzene rings is 1. The fraction of sp³-hybridized carbons (Fsp3) is 0.389. The van der Waals surface area contributed by atoms with E-state index in [-0.39, 0.29) is 24.1 Å². The maximum Gasteiger partial charge on any atom is 0.243 e. The Hall–Kier alpha value is -2.34. The molecule has 25 heavy (non-hydrogen) atoms. The molecule has 3 amide bonds. The zero-order chi connectivity index (χ0) is 18.2. The Labute approximate surface area is 152 Å². The number of hydrogen-bond donors (Lipinski definition) is 1. The molecule has 0 radical (unpaired) electrons. The van der Waals surface area contributed by atoms with Gasteiger partial charge in [0.2, 0.25) is 17.7 Å². The molecule has 1 aromatic carbocycles. The van der Waals surface area contributed by atoms with E-state index in [1.807, 2.05) is 12.1 Å². The van der Waals surface area contributed by atoms with Gasteiger partial charge in [-0.1, -0.05) is 30.3 Å². The molecule has 0 saturated carbocycles. The lowest BCUT2D eigenvalue weighted by Crippen LogP contribution is -2.51. The fourth-order valence-electron chi connectivity index (χ4n) is 2.62. The first-order chi connectivity index (χ1) is 12.0. The van der Waals surface area contributed by atoms with Gasteiger partial charge in [-0.05, 0) is 23.8 Å². The van der Waals surface area contributed by atoms with E-state index in [1.165, 1.54) is 6.08 Å². The van der Waals surface area contributed by atoms with Crippen LogP contribution in [0.3, 0.4) is 0 Å². The summed E-state index contributed by atoms with van der Waals surface area (Å²) in [7, 11) is 0. The summed E-state index contributed by atoms with van der Waals surface area (Å²) < 4.78 is 0. The molecule has 0 aromatic heterocycles. The van der Waals surface area contributed by atoms with Gasteiger partial charge >= 0.3 is 0 Å². The summed E-state index contributed by atoms with van der Waals surface area (Å²) in [4.78, 5) is 39.0. The Morgan fingerprint density at radius 1 is 1.04 bits per heavy atom. The number of nitrogens with one attached hydrogen (secondary N) is 1. The minimum atomic E-state index is -0.287. The molecule has 1 aliphatic rings. The quantitative estimate of drug-likeness (QED) is 0.773. The molecule has 1 aromatic rings. The van der Waals surface area contributed by atoms with Crippen molar-refractivity contribution in [2.45, 2.75) is 12.8 Å². The molecule has 0 unspecified atom stereocenters. The molecule has 7 heteroatoms. The molecule has 1 saturated heterocycles. The maximum atomic E-state index is 12.3. The Morgan fingerprint density at radius 2 is 1.60 bits per heavy atom. The highest BCUT2D eigenvalue weighted by atomic mass is 35.5. The standard InChI is InChI=1S/C18H22ClN3O3/c1-2-16(23)20-8-7-17(24)21-9-11-22(12-10-21)18(25)13-14-3-5-15(19)6-4-14/h2-6H,1,7-13H2,(H,20,23). The predicted molar refractivity (Wildman–Crippen MR) is 96.1 cm³/mol. The number of carbonyl (C=O) groups excluding carboxylic acids is 3. The van der Waals surface area contributed by atoms with Gasteiger partial charge in [0.25, 0.3) is 0 Å². The second kappa shape index (κ2) is 9.22. The first-order valence-corrected chi connectivity index (χ1v) is 8.57. The van der Waals surface area contributed by atoms with Crippen LogP contribution in [0.2, 0.25) is 5.02 Å². The SMILES string of the molecule is C=CC(=O)NCCC(=O)N1CCN(C(=O)Cc2ccc(Cl)cc2)CC1. The summed E-state index contributed by atoms with van der Waals surface area (Å²) in [6.45, 7) is 5.73. The Balaban J connectivity index is 1.73. The number of halogens is 1. The Bertz CT molecular complexity index is 637. The molecule has 6 nitrogen and oxygen atoms in total. The van der Waals surface area contributed by atoms with Crippen LogP contribution < -0.4 is 5.32 Å². The van der Waals surface area contributed by atoms with Gasteiger partial charge in [-0.2, -0.15) is 0 Å². The number of carbonyl (C=O) groups is 3. The summed E-state index contributed by atoms with van der Waals surface area (Å²) in [5.74, 6) is -0.257. The van der Waals surface area contributed by atoms with Gasteiger partial charge in [-0.3, -0.25) is 14.4 Å². The van der Waals surface area contributed by atoms with E-state index in [0.29, 0.717) is 44.2 Å². The fourth-order valence-corrected chi connectivity index (χ4v) is 2.74. The van der Waals surface area contributed by atoms with Crippen molar-refractivity contribution in [1.82, 2.24) is 15.1 Å². The van der Waals surface area contributed by atoms with E-state index in [1.54, 1.807) is 21.9 Å². The van der Waals surface area contributed by atoms with Gasteiger partial charge in [-0.25, -0.2) is 0 Å². The molecule has 0 aliphatic carbocycles. The average molecular weight is 364 g/mol. The smallest absolute Gasteiger partial charge is 0.243 e. The number of rotatable bonds is 6. The number of piperazine rings is 1. The van der Waals surface area contributed by atoms with Gasteiger partial charge in [0.1, 0.15) is 0 Å². The molecule has 0 atom stereocenters. The molecule has 134 valence electrons. The lowest BCUT2D eigenvalue weighted by Gasteiger charge is -2.35. The molecule has 1 aliphatic heterocycles. The first kappa shape index (κ1) is 19.0. The summed E-state index contributed by atoms with van der Waals surface area (Å²) in [6, 6.07) is 7.23. The largest absolute Gasteiger partial charge is 0.352 e. The van der Waals surface area contributed by atoms with E-state index in [9.17, 15) is 14.4 Å². The highest BCUT2D eigenvalue weighted by molar-refractivity contribution is 6.30. The van der Waals surface area contributed by atoms with Crippen molar-refractivity contribution in [3.8, 4) is 0 Å². The first-order valence-electron chi connectivity index (χ1n) is 8.20. The van der Waals surface area contributed by atoms with Crippen LogP contribution in [0.5, 0.6) is 0 Å². The highest BCUT2D eigenvalue weighted by Crippen LogP contribution is 2.12. The third-order valence-electron chi connectivity index (χ3n) is 4.08. The minimum absolute atomic E-state index is 0.0193. The van der Waals surface area contributed by atoms with E-state index in [2.05, 4.69) is 11.9 Å². The molecule has 1 heterocycles. The van der Waals surface area contributed by atoms with Crippen LogP contribution in [0.1, 0.15) is 12.0 Å². The van der Waals surface area contributed by atoms with Crippen molar-refractivity contribution in [3.05, 3.63) is 47.5 Å². The Kier molecular flexibility index (Phi) is 7.01. The van der Waals surface area contributed by atoms with Crippen molar-refractivity contribution in [2.75, 3.05) is 32.7 Å². The lowest BCUT2D eigenvalue weighted by atomic mass is 10.1. The van der Waals surface area contributed by atoms with Crippen molar-refractivity contribution in [3.63, 3.8) is 0 Å². The van der Waals surface area contributed by atoms with Gasteiger partial charge in [0, 0.05) is 44.2 Å². The summed E-state index contributed by atoms with van der Waals surface area (Å²) >= 11 is 5.84. The summed E-state index contributed by atoms with van der Waals surface area (Å²) in [5.41, 5.74) is 0.922. The predicted octanol–water partition coefficient (Wildman–Crippen LogP) is 1.25. The van der Waals surface area contributed by atoms with E-state index >= 15 is 0 Å². The lowest BCUT2D eigenvalue weighted by molar-refractivity contribution is -0.139. The third-order valence-corrected chi connectivity index (χ3v) is 4.33. The van der Waals surface area contributed by atoms with E-state index in [0.717, 1.165) is 5.56 Å². The number of nitrogens with zero attached hydrogens (tertiary/aromatic N) is 2. The van der Waals surface area contributed by atoms with Gasteiger partial charge in [-0.15, -0.1) is 0 Å². The molecule has 2 rings (SSSR count). The van der Waals surface area contributed by atoms with Crippen molar-refractivity contribution in [2.24, 2.45) is 0 Å². The van der Waals surface area contributed by atoms with Crippen molar-refractivity contribution >= 4 is 29.3 Å². The topological polar surface area (TPSA) is 69.7 Å². The van der Waals surface area contributed by atoms with Crippen LogP contribution in [0, 0.1) is 0 Å². The molecular formula is C18H22ClN3O3. The van der Waals surface area contributed by atoms with Crippen LogP contribution >= 0.6 is 11.6 Å². The van der Waals surface area contributed by atoms with Crippen LogP contribution in [0.15, 0.2) is 36.9 Å². The third kappa shape index (κ3) is 5.90. The van der Waals surface area contributed by atoms with E-state index < -0.39 is 0 Å². The maximum absolute atomic E-state index is 12.3. The molecule has 1 fully saturated rings. The second-order valence-corrected chi connectivity index (χ2v) is 6.25. The molecular weight excluding hydrogens is 342 g/mol. The monoisotopic (exact) mass is 363 g/mol. The van der Waals surface area contributed by atoms with Crippen molar-refractivity contribution in [1.29, 1.82) is 0 Å². The zero-order valence-electron chi connectivity index (χ0n) is 14.0. The Morgan fingerprint density at radius 3 is 2.16 bits per heavy atom. The summed E-state index contributed by atoms with van der Waals surface area (Å²) in [5, 5.41) is 3.23. The number of hydrogen-bond acceptors (Lipinski definition) is 3. The van der Waals surface area contributed by atoms with Crippen LogP contribution in [0.4, 0.5) is 0 Å². The second-order valence-electron chi connectivity index (χ2n) is 5.81. The van der Waals surface area contributed by atoms with E-state index in [4.69, 9.17) is 11.6 Å². The molecule has 0 bridgehead atoms. The summed E-state index contributed by atoms with van der Waals surface area (Å²) in [6.07, 6.45) is 1.76. The normalized spacial score (nSPS) is 14.1. The average Bonchev–Trinajstić information content (AvgIpc) is 2.63. The zero-order valence-corrected chi connectivity index (χ0v) is 14.8. The number of amides is 3. The van der Waals surface area contributed by atoms with Crippen molar-refractivity contribution < 1.29 is 14.4 Å². The van der Waals surface area contributed by atoms with Gasteiger partial charge in [0.15, 0.2) is 0 Å². The molecule has 0 spiro atoms. The van der Waals surface area contributed by atoms with Gasteiger partial charge < -0.3 is 15.1 Å². The highest BCUT2D eigenvalue weighted by Gasteiger charge is 2.23. The molecule has 1 N–H and O–H groups in total. The van der Waals surface area contributed by atoms with Crippen LogP contribution in [-0.4, -0.2) is 60.2 Å². The van der Waals surface area contributed by atoms with Crippen LogP contribution in [-0.2, 0) is 20.8 Å².